The van der Waals surface area contributed by atoms with Crippen molar-refractivity contribution in [2.45, 2.75) is 39.2 Å². The van der Waals surface area contributed by atoms with E-state index in [4.69, 9.17) is 15.3 Å². The highest BCUT2D eigenvalue weighted by Crippen LogP contribution is 2.31. The lowest BCUT2D eigenvalue weighted by Gasteiger charge is -2.31. The Morgan fingerprint density at radius 1 is 1.11 bits per heavy atom. The van der Waals surface area contributed by atoms with Crippen molar-refractivity contribution < 1.29 is 9.47 Å². The summed E-state index contributed by atoms with van der Waals surface area (Å²) in [5.41, 5.74) is 2.37. The molecule has 1 aromatic heterocycles. The smallest absolute Gasteiger partial charge is 0.324 e. The van der Waals surface area contributed by atoms with Gasteiger partial charge in [-0.3, -0.25) is 5.43 Å². The van der Waals surface area contributed by atoms with E-state index in [2.05, 4.69) is 34.2 Å². The number of aromatic nitrogens is 3. The molecule has 19 heavy (non-hydrogen) atoms. The van der Waals surface area contributed by atoms with Crippen molar-refractivity contribution in [2.75, 3.05) is 12.5 Å². The fourth-order valence-electron chi connectivity index (χ4n) is 2.30. The second-order valence-corrected chi connectivity index (χ2v) is 5.08. The summed E-state index contributed by atoms with van der Waals surface area (Å²) in [5, 5.41) is 0. The second kappa shape index (κ2) is 6.01. The van der Waals surface area contributed by atoms with Gasteiger partial charge in [0.2, 0.25) is 5.95 Å². The Bertz CT molecular complexity index is 406. The van der Waals surface area contributed by atoms with Crippen molar-refractivity contribution in [1.29, 1.82) is 0 Å². The summed E-state index contributed by atoms with van der Waals surface area (Å²) in [6.45, 7) is 4.53. The molecular weight excluding hydrogens is 246 g/mol. The van der Waals surface area contributed by atoms with Gasteiger partial charge in [0.15, 0.2) is 0 Å². The van der Waals surface area contributed by atoms with Crippen LogP contribution in [0.1, 0.15) is 33.1 Å². The molecule has 0 spiro atoms. The lowest BCUT2D eigenvalue weighted by molar-refractivity contribution is 0.0909. The van der Waals surface area contributed by atoms with Crippen LogP contribution in [0.5, 0.6) is 12.0 Å². The van der Waals surface area contributed by atoms with Gasteiger partial charge in [0.1, 0.15) is 6.10 Å². The van der Waals surface area contributed by atoms with Crippen molar-refractivity contribution in [2.24, 2.45) is 17.7 Å². The molecule has 0 saturated heterocycles. The third kappa shape index (κ3) is 3.44. The molecule has 1 saturated carbocycles. The molecule has 7 nitrogen and oxygen atoms in total. The third-order valence-electron chi connectivity index (χ3n) is 3.73. The van der Waals surface area contributed by atoms with Gasteiger partial charge in [-0.05, 0) is 31.1 Å². The summed E-state index contributed by atoms with van der Waals surface area (Å²) < 4.78 is 10.8. The van der Waals surface area contributed by atoms with Gasteiger partial charge in [-0.15, -0.1) is 4.98 Å². The van der Waals surface area contributed by atoms with E-state index in [1.54, 1.807) is 0 Å². The van der Waals surface area contributed by atoms with Crippen LogP contribution in [-0.4, -0.2) is 28.2 Å². The van der Waals surface area contributed by atoms with Crippen LogP contribution in [0, 0.1) is 11.8 Å². The number of rotatable bonds is 4. The van der Waals surface area contributed by atoms with Gasteiger partial charge in [-0.25, -0.2) is 5.84 Å². The average molecular weight is 267 g/mol. The lowest BCUT2D eigenvalue weighted by atomic mass is 9.80. The average Bonchev–Trinajstić information content (AvgIpc) is 2.42. The highest BCUT2D eigenvalue weighted by molar-refractivity contribution is 5.25. The summed E-state index contributed by atoms with van der Waals surface area (Å²) in [5.74, 6) is 6.93. The zero-order valence-electron chi connectivity index (χ0n) is 11.6. The number of ether oxygens (including phenoxy) is 2. The van der Waals surface area contributed by atoms with Crippen LogP contribution in [0.25, 0.3) is 0 Å². The van der Waals surface area contributed by atoms with Crippen LogP contribution < -0.4 is 20.7 Å². The maximum absolute atomic E-state index is 5.82. The van der Waals surface area contributed by atoms with Gasteiger partial charge >= 0.3 is 12.0 Å². The predicted octanol–water partition coefficient (Wildman–Crippen LogP) is 1.37. The first kappa shape index (κ1) is 13.8. The van der Waals surface area contributed by atoms with E-state index in [1.807, 2.05) is 0 Å². The number of anilines is 1. The molecule has 0 aromatic carbocycles. The fraction of sp³-hybridized carbons (Fsp3) is 0.750. The first-order valence-corrected chi connectivity index (χ1v) is 6.55. The summed E-state index contributed by atoms with van der Waals surface area (Å²) in [4.78, 5) is 12.1. The number of hydrazine groups is 1. The number of hydrogen-bond acceptors (Lipinski definition) is 7. The van der Waals surface area contributed by atoms with E-state index < -0.39 is 0 Å². The molecule has 1 fully saturated rings. The van der Waals surface area contributed by atoms with Crippen LogP contribution in [-0.2, 0) is 0 Å². The minimum absolute atomic E-state index is 0.143. The van der Waals surface area contributed by atoms with Gasteiger partial charge in [0.05, 0.1) is 7.11 Å². The van der Waals surface area contributed by atoms with E-state index in [0.29, 0.717) is 5.92 Å². The molecule has 1 aliphatic rings. The summed E-state index contributed by atoms with van der Waals surface area (Å²) in [6.07, 6.45) is 3.34. The Balaban J connectivity index is 2.06. The summed E-state index contributed by atoms with van der Waals surface area (Å²) in [7, 11) is 1.49. The molecule has 1 aromatic rings. The number of nitrogens with two attached hydrogens (primary N) is 1. The van der Waals surface area contributed by atoms with E-state index in [9.17, 15) is 0 Å². The van der Waals surface area contributed by atoms with E-state index in [0.717, 1.165) is 25.2 Å². The van der Waals surface area contributed by atoms with Gasteiger partial charge in [-0.2, -0.15) is 9.97 Å². The monoisotopic (exact) mass is 267 g/mol. The van der Waals surface area contributed by atoms with E-state index in [-0.39, 0.29) is 24.1 Å². The normalized spacial score (nSPS) is 26.8. The topological polar surface area (TPSA) is 95.2 Å². The molecule has 0 aliphatic heterocycles. The number of nitrogen functional groups attached to an aromatic ring is 1. The molecule has 106 valence electrons. The molecule has 1 heterocycles. The van der Waals surface area contributed by atoms with Crippen LogP contribution >= 0.6 is 0 Å². The molecule has 0 radical (unpaired) electrons. The Labute approximate surface area is 112 Å². The molecular formula is C12H21N5O2. The van der Waals surface area contributed by atoms with Gasteiger partial charge < -0.3 is 9.47 Å². The number of hydrogen-bond donors (Lipinski definition) is 2. The Morgan fingerprint density at radius 3 is 2.47 bits per heavy atom. The minimum Gasteiger partial charge on any atom is -0.467 e. The number of nitrogens with zero attached hydrogens (tertiary/aromatic N) is 3. The highest BCUT2D eigenvalue weighted by atomic mass is 16.5. The zero-order chi connectivity index (χ0) is 13.8. The second-order valence-electron chi connectivity index (χ2n) is 5.08. The lowest BCUT2D eigenvalue weighted by Crippen LogP contribution is -2.29. The van der Waals surface area contributed by atoms with Crippen molar-refractivity contribution in [3.05, 3.63) is 0 Å². The summed E-state index contributed by atoms with van der Waals surface area (Å²) >= 11 is 0. The van der Waals surface area contributed by atoms with Crippen molar-refractivity contribution >= 4 is 5.95 Å². The standard InChI is InChI=1S/C12H21N5O2/c1-7-4-5-9(6-8(7)2)19-12-15-10(17-13)14-11(16-12)18-3/h7-9H,4-6,13H2,1-3H3,(H,14,15,16,17). The van der Waals surface area contributed by atoms with Gasteiger partial charge in [0.25, 0.3) is 0 Å². The maximum atomic E-state index is 5.82. The van der Waals surface area contributed by atoms with Crippen LogP contribution in [0.4, 0.5) is 5.95 Å². The van der Waals surface area contributed by atoms with E-state index >= 15 is 0 Å². The molecule has 0 amide bonds. The van der Waals surface area contributed by atoms with Gasteiger partial charge in [-0.1, -0.05) is 13.8 Å². The SMILES string of the molecule is COc1nc(NN)nc(OC2CCC(C)C(C)C2)n1. The number of nitrogens with one attached hydrogen (secondary N) is 1. The Hall–Kier alpha value is -1.63. The molecule has 3 N–H and O–H groups in total. The molecule has 7 heteroatoms. The molecule has 3 atom stereocenters. The maximum Gasteiger partial charge on any atom is 0.324 e. The largest absolute Gasteiger partial charge is 0.467 e. The molecule has 0 bridgehead atoms. The third-order valence-corrected chi connectivity index (χ3v) is 3.73. The zero-order valence-corrected chi connectivity index (χ0v) is 11.6. The Kier molecular flexibility index (Phi) is 4.36. The molecule has 2 rings (SSSR count). The highest BCUT2D eigenvalue weighted by Gasteiger charge is 2.26. The summed E-state index contributed by atoms with van der Waals surface area (Å²) in [6, 6.07) is 0.446. The first-order valence-electron chi connectivity index (χ1n) is 6.55. The van der Waals surface area contributed by atoms with Crippen molar-refractivity contribution in [3.8, 4) is 12.0 Å². The van der Waals surface area contributed by atoms with Crippen molar-refractivity contribution in [3.63, 3.8) is 0 Å². The van der Waals surface area contributed by atoms with Crippen molar-refractivity contribution in [1.82, 2.24) is 15.0 Å². The molecule has 3 unspecified atom stereocenters. The first-order chi connectivity index (χ1) is 9.12. The van der Waals surface area contributed by atoms with Crippen LogP contribution in [0.3, 0.4) is 0 Å². The number of methoxy groups -OCH3 is 1. The minimum atomic E-state index is 0.143. The fourth-order valence-corrected chi connectivity index (χ4v) is 2.30. The molecule has 1 aliphatic carbocycles. The Morgan fingerprint density at radius 2 is 1.84 bits per heavy atom. The quantitative estimate of drug-likeness (QED) is 0.628. The van der Waals surface area contributed by atoms with E-state index in [1.165, 1.54) is 7.11 Å². The van der Waals surface area contributed by atoms with Crippen LogP contribution in [0.15, 0.2) is 0 Å². The predicted molar refractivity (Wildman–Crippen MR) is 70.8 cm³/mol. The van der Waals surface area contributed by atoms with Gasteiger partial charge in [0, 0.05) is 0 Å². The van der Waals surface area contributed by atoms with Crippen LogP contribution in [0.2, 0.25) is 0 Å².